The van der Waals surface area contributed by atoms with E-state index in [4.69, 9.17) is 10.5 Å². The maximum absolute atomic E-state index is 13.8. The van der Waals surface area contributed by atoms with Gasteiger partial charge in [-0.2, -0.15) is 0 Å². The van der Waals surface area contributed by atoms with Crippen LogP contribution in [0.25, 0.3) is 10.9 Å². The fraction of sp³-hybridized carbons (Fsp3) is 0.607. The molecule has 1 unspecified atom stereocenters. The highest BCUT2D eigenvalue weighted by atomic mass is 16.6. The van der Waals surface area contributed by atoms with Gasteiger partial charge in [-0.1, -0.05) is 25.1 Å². The predicted octanol–water partition coefficient (Wildman–Crippen LogP) is 2.71. The highest BCUT2D eigenvalue weighted by molar-refractivity contribution is 5.93. The Morgan fingerprint density at radius 1 is 1.16 bits per heavy atom. The summed E-state index contributed by atoms with van der Waals surface area (Å²) < 4.78 is 5.59. The van der Waals surface area contributed by atoms with Crippen molar-refractivity contribution in [1.82, 2.24) is 20.9 Å². The Bertz CT molecular complexity index is 1050. The van der Waals surface area contributed by atoms with Crippen molar-refractivity contribution in [3.8, 4) is 0 Å². The average molecular weight is 514 g/mol. The molecule has 0 aliphatic carbocycles. The largest absolute Gasteiger partial charge is 0.458 e. The van der Waals surface area contributed by atoms with Crippen molar-refractivity contribution in [2.24, 2.45) is 11.7 Å². The molecule has 1 fully saturated rings. The molecule has 0 saturated carbocycles. The number of ether oxygens (including phenoxy) is 1. The van der Waals surface area contributed by atoms with E-state index < -0.39 is 29.6 Å². The van der Waals surface area contributed by atoms with Gasteiger partial charge < -0.3 is 31.4 Å². The van der Waals surface area contributed by atoms with E-state index in [1.165, 1.54) is 0 Å². The smallest absolute Gasteiger partial charge is 0.329 e. The van der Waals surface area contributed by atoms with Gasteiger partial charge in [0.25, 0.3) is 0 Å². The number of unbranched alkanes of at least 4 members (excludes halogenated alkanes) is 1. The molecule has 1 aliphatic heterocycles. The van der Waals surface area contributed by atoms with Gasteiger partial charge in [0, 0.05) is 29.6 Å². The zero-order chi connectivity index (χ0) is 27.0. The van der Waals surface area contributed by atoms with Crippen LogP contribution in [-0.4, -0.2) is 60.1 Å². The second-order valence-corrected chi connectivity index (χ2v) is 11.0. The number of H-pyrrole nitrogens is 1. The average Bonchev–Trinajstić information content (AvgIpc) is 3.30. The molecule has 4 atom stereocenters. The van der Waals surface area contributed by atoms with Gasteiger partial charge in [-0.25, -0.2) is 4.79 Å². The van der Waals surface area contributed by atoms with Crippen molar-refractivity contribution < 1.29 is 19.1 Å². The summed E-state index contributed by atoms with van der Waals surface area (Å²) in [5, 5.41) is 10.2. The van der Waals surface area contributed by atoms with Gasteiger partial charge in [0.1, 0.15) is 17.7 Å². The summed E-state index contributed by atoms with van der Waals surface area (Å²) >= 11 is 0. The third-order valence-electron chi connectivity index (χ3n) is 6.81. The highest BCUT2D eigenvalue weighted by Gasteiger charge is 2.35. The van der Waals surface area contributed by atoms with E-state index >= 15 is 0 Å². The number of carbonyl (C=O) groups excluding carboxylic acids is 3. The molecular formula is C28H43N5O4. The molecule has 37 heavy (non-hydrogen) atoms. The van der Waals surface area contributed by atoms with Crippen LogP contribution in [0.1, 0.15) is 71.3 Å². The Balaban J connectivity index is 1.86. The van der Waals surface area contributed by atoms with Gasteiger partial charge >= 0.3 is 5.97 Å². The van der Waals surface area contributed by atoms with E-state index in [2.05, 4.69) is 20.9 Å². The standard InChI is InChI=1S/C28H43N5O4/c1-18(21-17-31-22-12-6-5-11-20(21)22)24(33-25(34)19-10-9-15-30-16-19)26(35)32-23(13-7-8-14-29)27(36)37-28(2,3)4/h5-6,11-12,17-19,23-24,30-31H,7-10,13-16,29H2,1-4H3,(H,32,35)(H,33,34)/t18-,19?,23-,24-/m0/s1. The monoisotopic (exact) mass is 513 g/mol. The number of carbonyl (C=O) groups is 3. The van der Waals surface area contributed by atoms with Gasteiger partial charge in [-0.15, -0.1) is 0 Å². The number of amides is 2. The number of benzene rings is 1. The van der Waals surface area contributed by atoms with Crippen molar-refractivity contribution >= 4 is 28.7 Å². The van der Waals surface area contributed by atoms with E-state index in [0.717, 1.165) is 42.3 Å². The van der Waals surface area contributed by atoms with Crippen LogP contribution in [0.2, 0.25) is 0 Å². The lowest BCUT2D eigenvalue weighted by atomic mass is 9.90. The van der Waals surface area contributed by atoms with Gasteiger partial charge in [-0.05, 0) is 77.6 Å². The topological polar surface area (TPSA) is 138 Å². The zero-order valence-corrected chi connectivity index (χ0v) is 22.6. The normalized spacial score (nSPS) is 18.6. The maximum atomic E-state index is 13.8. The van der Waals surface area contributed by atoms with Gasteiger partial charge in [0.05, 0.1) is 5.92 Å². The van der Waals surface area contributed by atoms with E-state index in [9.17, 15) is 14.4 Å². The first-order chi connectivity index (χ1) is 17.6. The summed E-state index contributed by atoms with van der Waals surface area (Å²) in [5.74, 6) is -1.60. The number of fused-ring (bicyclic) bond motifs is 1. The number of esters is 1. The molecule has 0 radical (unpaired) electrons. The second-order valence-electron chi connectivity index (χ2n) is 11.0. The number of piperidine rings is 1. The number of para-hydroxylation sites is 1. The molecule has 2 aromatic rings. The summed E-state index contributed by atoms with van der Waals surface area (Å²) in [4.78, 5) is 43.2. The maximum Gasteiger partial charge on any atom is 0.329 e. The van der Waals surface area contributed by atoms with Crippen molar-refractivity contribution in [1.29, 1.82) is 0 Å². The number of nitrogens with one attached hydrogen (secondary N) is 4. The van der Waals surface area contributed by atoms with Crippen LogP contribution in [0.5, 0.6) is 0 Å². The fourth-order valence-corrected chi connectivity index (χ4v) is 4.79. The Hall–Kier alpha value is -2.91. The van der Waals surface area contributed by atoms with Gasteiger partial charge in [0.2, 0.25) is 11.8 Å². The summed E-state index contributed by atoms with van der Waals surface area (Å²) in [6, 6.07) is 6.17. The molecule has 3 rings (SSSR count). The zero-order valence-electron chi connectivity index (χ0n) is 22.6. The van der Waals surface area contributed by atoms with Crippen molar-refractivity contribution in [2.75, 3.05) is 19.6 Å². The molecule has 9 nitrogen and oxygen atoms in total. The number of hydrogen-bond donors (Lipinski definition) is 5. The summed E-state index contributed by atoms with van der Waals surface area (Å²) in [7, 11) is 0. The molecule has 2 amide bonds. The Morgan fingerprint density at radius 2 is 1.92 bits per heavy atom. The number of rotatable bonds is 11. The lowest BCUT2D eigenvalue weighted by molar-refractivity contribution is -0.159. The van der Waals surface area contributed by atoms with E-state index in [1.54, 1.807) is 20.8 Å². The molecule has 0 spiro atoms. The molecule has 2 heterocycles. The minimum atomic E-state index is -0.868. The van der Waals surface area contributed by atoms with E-state index in [1.807, 2.05) is 37.4 Å². The van der Waals surface area contributed by atoms with Crippen LogP contribution in [0, 0.1) is 5.92 Å². The minimum absolute atomic E-state index is 0.156. The van der Waals surface area contributed by atoms with Crippen molar-refractivity contribution in [3.63, 3.8) is 0 Å². The number of aromatic nitrogens is 1. The van der Waals surface area contributed by atoms with Crippen LogP contribution in [0.15, 0.2) is 30.5 Å². The molecule has 9 heteroatoms. The molecule has 1 aliphatic rings. The number of nitrogens with two attached hydrogens (primary N) is 1. The van der Waals surface area contributed by atoms with Crippen LogP contribution in [0.3, 0.4) is 0 Å². The van der Waals surface area contributed by atoms with Crippen molar-refractivity contribution in [2.45, 2.75) is 83.4 Å². The molecule has 1 aromatic heterocycles. The fourth-order valence-electron chi connectivity index (χ4n) is 4.79. The Morgan fingerprint density at radius 3 is 2.59 bits per heavy atom. The Labute approximate surface area is 219 Å². The first-order valence-electron chi connectivity index (χ1n) is 13.4. The first-order valence-corrected chi connectivity index (χ1v) is 13.4. The predicted molar refractivity (Wildman–Crippen MR) is 145 cm³/mol. The quantitative estimate of drug-likeness (QED) is 0.231. The third kappa shape index (κ3) is 8.04. The van der Waals surface area contributed by atoms with E-state index in [-0.39, 0.29) is 17.7 Å². The highest BCUT2D eigenvalue weighted by Crippen LogP contribution is 2.28. The number of hydrogen-bond acceptors (Lipinski definition) is 6. The van der Waals surface area contributed by atoms with Gasteiger partial charge in [-0.3, -0.25) is 9.59 Å². The van der Waals surface area contributed by atoms with E-state index in [0.29, 0.717) is 25.9 Å². The molecule has 6 N–H and O–H groups in total. The molecule has 1 saturated heterocycles. The summed E-state index contributed by atoms with van der Waals surface area (Å²) in [6.07, 6.45) is 5.38. The lowest BCUT2D eigenvalue weighted by Crippen LogP contribution is -2.56. The van der Waals surface area contributed by atoms with Gasteiger partial charge in [0.15, 0.2) is 0 Å². The minimum Gasteiger partial charge on any atom is -0.458 e. The molecule has 0 bridgehead atoms. The summed E-state index contributed by atoms with van der Waals surface area (Å²) in [5.41, 5.74) is 6.84. The van der Waals surface area contributed by atoms with Crippen LogP contribution >= 0.6 is 0 Å². The van der Waals surface area contributed by atoms with Crippen LogP contribution < -0.4 is 21.7 Å². The molecular weight excluding hydrogens is 470 g/mol. The number of aromatic amines is 1. The van der Waals surface area contributed by atoms with Crippen LogP contribution in [0.4, 0.5) is 0 Å². The van der Waals surface area contributed by atoms with Crippen molar-refractivity contribution in [3.05, 3.63) is 36.0 Å². The Kier molecular flexibility index (Phi) is 10.1. The first kappa shape index (κ1) is 28.7. The summed E-state index contributed by atoms with van der Waals surface area (Å²) in [6.45, 7) is 9.29. The third-order valence-corrected chi connectivity index (χ3v) is 6.81. The second kappa shape index (κ2) is 13.1. The van der Waals surface area contributed by atoms with Crippen LogP contribution in [-0.2, 0) is 19.1 Å². The molecule has 1 aromatic carbocycles. The SMILES string of the molecule is C[C@@H](c1c[nH]c2ccccc12)[C@H](NC(=O)C1CCCNC1)C(=O)N[C@@H](CCCCN)C(=O)OC(C)(C)C. The lowest BCUT2D eigenvalue weighted by Gasteiger charge is -2.30. The molecule has 204 valence electrons.